The quantitative estimate of drug-likeness (QED) is 0.771. The molecule has 0 saturated carbocycles. The molecule has 0 spiro atoms. The number of rotatable bonds is 5. The molecule has 1 saturated heterocycles. The van der Waals surface area contributed by atoms with E-state index in [9.17, 15) is 9.59 Å². The van der Waals surface area contributed by atoms with Crippen LogP contribution in [0.3, 0.4) is 0 Å². The highest BCUT2D eigenvalue weighted by molar-refractivity contribution is 6.07. The molecule has 2 aromatic rings. The molecule has 0 aromatic heterocycles. The number of nitrogen functional groups attached to an aromatic ring is 1. The molecule has 2 aromatic carbocycles. The van der Waals surface area contributed by atoms with Crippen LogP contribution in [0.25, 0.3) is 0 Å². The van der Waals surface area contributed by atoms with Crippen molar-refractivity contribution in [3.63, 3.8) is 0 Å². The Hall–Kier alpha value is -3.02. The van der Waals surface area contributed by atoms with Crippen LogP contribution in [-0.2, 0) is 0 Å². The first-order valence-corrected chi connectivity index (χ1v) is 9.73. The van der Waals surface area contributed by atoms with Gasteiger partial charge in [-0.25, -0.2) is 0 Å². The van der Waals surface area contributed by atoms with Gasteiger partial charge in [0.25, 0.3) is 11.8 Å². The van der Waals surface area contributed by atoms with E-state index in [0.717, 1.165) is 37.9 Å². The third-order valence-electron chi connectivity index (χ3n) is 4.92. The second kappa shape index (κ2) is 8.78. The van der Waals surface area contributed by atoms with Gasteiger partial charge in [-0.1, -0.05) is 6.07 Å². The van der Waals surface area contributed by atoms with Crippen molar-refractivity contribution in [2.45, 2.75) is 33.1 Å². The first kappa shape index (κ1) is 19.7. The lowest BCUT2D eigenvalue weighted by molar-refractivity contribution is 0.0724. The number of hydrogen-bond donors (Lipinski definition) is 2. The fourth-order valence-electron chi connectivity index (χ4n) is 3.40. The van der Waals surface area contributed by atoms with Crippen molar-refractivity contribution in [2.75, 3.05) is 30.7 Å². The number of ether oxygens (including phenoxy) is 1. The van der Waals surface area contributed by atoms with E-state index < -0.39 is 0 Å². The molecule has 28 heavy (non-hydrogen) atoms. The van der Waals surface area contributed by atoms with Gasteiger partial charge in [-0.05, 0) is 69.0 Å². The standard InChI is InChI=1S/C22H27N3O3/c1-3-28-20-10-8-16(22(27)25-11-5-4-6-12-25)13-19(20)24-21(26)18-14-17(23)9-7-15(18)2/h7-10,13-14H,3-6,11-12,23H2,1-2H3,(H,24,26). The summed E-state index contributed by atoms with van der Waals surface area (Å²) in [5.74, 6) is 0.235. The van der Waals surface area contributed by atoms with E-state index in [1.807, 2.05) is 24.8 Å². The summed E-state index contributed by atoms with van der Waals surface area (Å²) in [6.45, 7) is 5.74. The van der Waals surface area contributed by atoms with Crippen molar-refractivity contribution in [1.29, 1.82) is 0 Å². The summed E-state index contributed by atoms with van der Waals surface area (Å²) in [4.78, 5) is 27.5. The molecule has 0 atom stereocenters. The minimum absolute atomic E-state index is 0.0154. The molecule has 0 aliphatic carbocycles. The maximum Gasteiger partial charge on any atom is 0.256 e. The molecule has 1 fully saturated rings. The summed E-state index contributed by atoms with van der Waals surface area (Å²) in [7, 11) is 0. The second-order valence-corrected chi connectivity index (χ2v) is 7.03. The number of carbonyl (C=O) groups is 2. The average Bonchev–Trinajstić information content (AvgIpc) is 2.71. The SMILES string of the molecule is CCOc1ccc(C(=O)N2CCCCC2)cc1NC(=O)c1cc(N)ccc1C. The van der Waals surface area contributed by atoms with Crippen LogP contribution in [0.2, 0.25) is 0 Å². The highest BCUT2D eigenvalue weighted by Gasteiger charge is 2.20. The maximum atomic E-state index is 12.8. The Kier molecular flexibility index (Phi) is 6.19. The number of benzene rings is 2. The highest BCUT2D eigenvalue weighted by atomic mass is 16.5. The van der Waals surface area contributed by atoms with Gasteiger partial charge in [-0.2, -0.15) is 0 Å². The molecular weight excluding hydrogens is 354 g/mol. The Morgan fingerprint density at radius 1 is 1.11 bits per heavy atom. The van der Waals surface area contributed by atoms with Crippen LogP contribution in [0.15, 0.2) is 36.4 Å². The van der Waals surface area contributed by atoms with Gasteiger partial charge in [0, 0.05) is 29.9 Å². The number of aryl methyl sites for hydroxylation is 1. The largest absolute Gasteiger partial charge is 0.492 e. The topological polar surface area (TPSA) is 84.7 Å². The molecule has 3 rings (SSSR count). The van der Waals surface area contributed by atoms with Gasteiger partial charge in [0.1, 0.15) is 5.75 Å². The monoisotopic (exact) mass is 381 g/mol. The van der Waals surface area contributed by atoms with E-state index in [-0.39, 0.29) is 11.8 Å². The zero-order chi connectivity index (χ0) is 20.1. The lowest BCUT2D eigenvalue weighted by Crippen LogP contribution is -2.35. The van der Waals surface area contributed by atoms with Gasteiger partial charge in [0.2, 0.25) is 0 Å². The van der Waals surface area contributed by atoms with Crippen molar-refractivity contribution in [3.8, 4) is 5.75 Å². The lowest BCUT2D eigenvalue weighted by atomic mass is 10.1. The summed E-state index contributed by atoms with van der Waals surface area (Å²) in [6, 6.07) is 10.4. The zero-order valence-electron chi connectivity index (χ0n) is 16.5. The third kappa shape index (κ3) is 4.44. The summed E-state index contributed by atoms with van der Waals surface area (Å²) in [6.07, 6.45) is 3.22. The third-order valence-corrected chi connectivity index (χ3v) is 4.92. The van der Waals surface area contributed by atoms with Crippen molar-refractivity contribution in [2.24, 2.45) is 0 Å². The van der Waals surface area contributed by atoms with Gasteiger partial charge in [-0.15, -0.1) is 0 Å². The summed E-state index contributed by atoms with van der Waals surface area (Å²) >= 11 is 0. The summed E-state index contributed by atoms with van der Waals surface area (Å²) < 4.78 is 5.64. The summed E-state index contributed by atoms with van der Waals surface area (Å²) in [5.41, 5.74) is 8.70. The predicted molar refractivity (Wildman–Crippen MR) is 111 cm³/mol. The van der Waals surface area contributed by atoms with Gasteiger partial charge in [-0.3, -0.25) is 9.59 Å². The minimum Gasteiger partial charge on any atom is -0.492 e. The number of nitrogens with zero attached hydrogens (tertiary/aromatic N) is 1. The average molecular weight is 381 g/mol. The number of piperidine rings is 1. The number of amides is 2. The van der Waals surface area contributed by atoms with Crippen molar-refractivity contribution in [3.05, 3.63) is 53.1 Å². The van der Waals surface area contributed by atoms with Crippen LogP contribution in [0.5, 0.6) is 5.75 Å². The van der Waals surface area contributed by atoms with Crippen LogP contribution in [-0.4, -0.2) is 36.4 Å². The number of nitrogens with two attached hydrogens (primary N) is 1. The van der Waals surface area contributed by atoms with Gasteiger partial charge in [0.15, 0.2) is 0 Å². The first-order chi connectivity index (χ1) is 13.5. The first-order valence-electron chi connectivity index (χ1n) is 9.73. The van der Waals surface area contributed by atoms with Gasteiger partial charge >= 0.3 is 0 Å². The molecule has 1 aliphatic heterocycles. The van der Waals surface area contributed by atoms with Gasteiger partial charge < -0.3 is 20.7 Å². The van der Waals surface area contributed by atoms with E-state index in [0.29, 0.717) is 34.9 Å². The van der Waals surface area contributed by atoms with E-state index >= 15 is 0 Å². The van der Waals surface area contributed by atoms with Crippen molar-refractivity contribution >= 4 is 23.2 Å². The smallest absolute Gasteiger partial charge is 0.256 e. The Labute approximate surface area is 165 Å². The van der Waals surface area contributed by atoms with Gasteiger partial charge in [0.05, 0.1) is 12.3 Å². The zero-order valence-corrected chi connectivity index (χ0v) is 16.5. The van der Waals surface area contributed by atoms with E-state index in [2.05, 4.69) is 5.32 Å². The molecule has 0 radical (unpaired) electrons. The molecule has 148 valence electrons. The number of carbonyl (C=O) groups excluding carboxylic acids is 2. The Bertz CT molecular complexity index is 873. The van der Waals surface area contributed by atoms with E-state index in [4.69, 9.17) is 10.5 Å². The van der Waals surface area contributed by atoms with Crippen LogP contribution in [0, 0.1) is 6.92 Å². The van der Waals surface area contributed by atoms with Crippen molar-refractivity contribution < 1.29 is 14.3 Å². The fourth-order valence-corrected chi connectivity index (χ4v) is 3.40. The van der Waals surface area contributed by atoms with Crippen LogP contribution in [0.4, 0.5) is 11.4 Å². The van der Waals surface area contributed by atoms with Crippen LogP contribution < -0.4 is 15.8 Å². The number of likely N-dealkylation sites (tertiary alicyclic amines) is 1. The molecule has 6 nitrogen and oxygen atoms in total. The number of nitrogens with one attached hydrogen (secondary N) is 1. The molecular formula is C22H27N3O3. The Morgan fingerprint density at radius 3 is 2.57 bits per heavy atom. The van der Waals surface area contributed by atoms with Crippen LogP contribution >= 0.6 is 0 Å². The lowest BCUT2D eigenvalue weighted by Gasteiger charge is -2.27. The number of anilines is 2. The second-order valence-electron chi connectivity index (χ2n) is 7.03. The normalized spacial score (nSPS) is 13.9. The van der Waals surface area contributed by atoms with Crippen molar-refractivity contribution in [1.82, 2.24) is 4.90 Å². The highest BCUT2D eigenvalue weighted by Crippen LogP contribution is 2.28. The molecule has 2 amide bonds. The minimum atomic E-state index is -0.284. The fraction of sp³-hybridized carbons (Fsp3) is 0.364. The molecule has 3 N–H and O–H groups in total. The Morgan fingerprint density at radius 2 is 1.86 bits per heavy atom. The van der Waals surface area contributed by atoms with E-state index in [1.165, 1.54) is 0 Å². The summed E-state index contributed by atoms with van der Waals surface area (Å²) in [5, 5.41) is 2.89. The Balaban J connectivity index is 1.88. The van der Waals surface area contributed by atoms with E-state index in [1.54, 1.807) is 30.3 Å². The molecule has 6 heteroatoms. The molecule has 0 bridgehead atoms. The molecule has 1 aliphatic rings. The molecule has 1 heterocycles. The predicted octanol–water partition coefficient (Wildman–Crippen LogP) is 3.85. The van der Waals surface area contributed by atoms with Crippen LogP contribution in [0.1, 0.15) is 52.5 Å². The molecule has 0 unspecified atom stereocenters. The maximum absolute atomic E-state index is 12.8. The number of hydrogen-bond acceptors (Lipinski definition) is 4.